The van der Waals surface area contributed by atoms with Crippen LogP contribution in [0.5, 0.6) is 0 Å². The van der Waals surface area contributed by atoms with Gasteiger partial charge in [-0.05, 0) is 40.0 Å². The van der Waals surface area contributed by atoms with Gasteiger partial charge in [0.1, 0.15) is 5.60 Å². The highest BCUT2D eigenvalue weighted by molar-refractivity contribution is 5.94. The van der Waals surface area contributed by atoms with Gasteiger partial charge < -0.3 is 4.74 Å². The molecule has 0 N–H and O–H groups in total. The summed E-state index contributed by atoms with van der Waals surface area (Å²) < 4.78 is 5.39. The number of carbonyl (C=O) groups is 2. The lowest BCUT2D eigenvalue weighted by atomic mass is 9.86. The molecule has 2 saturated heterocycles. The summed E-state index contributed by atoms with van der Waals surface area (Å²) >= 11 is 0. The second kappa shape index (κ2) is 4.41. The summed E-state index contributed by atoms with van der Waals surface area (Å²) in [6.07, 6.45) is 3.73. The maximum atomic E-state index is 12.1. The van der Waals surface area contributed by atoms with Crippen molar-refractivity contribution in [2.45, 2.75) is 57.7 Å². The van der Waals surface area contributed by atoms with Crippen molar-refractivity contribution >= 4 is 11.9 Å². The summed E-state index contributed by atoms with van der Waals surface area (Å²) in [5.74, 6) is 0.103. The van der Waals surface area contributed by atoms with Gasteiger partial charge in [0.25, 0.3) is 0 Å². The summed E-state index contributed by atoms with van der Waals surface area (Å²) in [5.41, 5.74) is -0.518. The second-order valence-electron chi connectivity index (χ2n) is 6.08. The van der Waals surface area contributed by atoms with Crippen LogP contribution >= 0.6 is 0 Å². The van der Waals surface area contributed by atoms with Crippen LogP contribution in [0.15, 0.2) is 12.7 Å². The molecule has 18 heavy (non-hydrogen) atoms. The monoisotopic (exact) mass is 251 g/mol. The fourth-order valence-electron chi connectivity index (χ4n) is 2.98. The first kappa shape index (κ1) is 13.1. The predicted octanol–water partition coefficient (Wildman–Crippen LogP) is 2.53. The van der Waals surface area contributed by atoms with Crippen molar-refractivity contribution in [1.82, 2.24) is 4.90 Å². The lowest BCUT2D eigenvalue weighted by Crippen LogP contribution is -2.40. The number of allylic oxidation sites excluding steroid dienone is 1. The molecule has 2 heterocycles. The molecule has 0 aromatic carbocycles. The van der Waals surface area contributed by atoms with Gasteiger partial charge in [0, 0.05) is 12.0 Å². The topological polar surface area (TPSA) is 46.6 Å². The Morgan fingerprint density at radius 2 is 2.17 bits per heavy atom. The molecular formula is C14H21NO3. The van der Waals surface area contributed by atoms with Crippen LogP contribution in [-0.4, -0.2) is 34.5 Å². The zero-order chi connectivity index (χ0) is 13.5. The molecule has 1 amide bonds. The lowest BCUT2D eigenvalue weighted by molar-refractivity contribution is -0.123. The first-order valence-corrected chi connectivity index (χ1v) is 6.51. The molecule has 0 saturated carbocycles. The lowest BCUT2D eigenvalue weighted by Gasteiger charge is -2.27. The average molecular weight is 251 g/mol. The molecule has 3 atom stereocenters. The SMILES string of the molecule is C=CCC1C(=O)C2CCC1N2C(=O)OC(C)(C)C. The largest absolute Gasteiger partial charge is 0.444 e. The first-order chi connectivity index (χ1) is 8.35. The van der Waals surface area contributed by atoms with Gasteiger partial charge in [-0.1, -0.05) is 6.08 Å². The average Bonchev–Trinajstić information content (AvgIpc) is 2.74. The molecule has 4 heteroatoms. The van der Waals surface area contributed by atoms with E-state index in [1.165, 1.54) is 0 Å². The van der Waals surface area contributed by atoms with Crippen LogP contribution in [0.2, 0.25) is 0 Å². The van der Waals surface area contributed by atoms with E-state index in [4.69, 9.17) is 4.74 Å². The van der Waals surface area contributed by atoms with E-state index in [9.17, 15) is 9.59 Å². The van der Waals surface area contributed by atoms with Crippen LogP contribution < -0.4 is 0 Å². The molecule has 3 unspecified atom stereocenters. The Bertz CT molecular complexity index is 383. The van der Waals surface area contributed by atoms with Crippen molar-refractivity contribution in [2.24, 2.45) is 5.92 Å². The third-order valence-corrected chi connectivity index (χ3v) is 3.61. The number of fused-ring (bicyclic) bond motifs is 2. The van der Waals surface area contributed by atoms with Crippen molar-refractivity contribution in [3.8, 4) is 0 Å². The minimum absolute atomic E-state index is 0.00958. The second-order valence-corrected chi connectivity index (χ2v) is 6.08. The van der Waals surface area contributed by atoms with Crippen molar-refractivity contribution in [1.29, 1.82) is 0 Å². The fraction of sp³-hybridized carbons (Fsp3) is 0.714. The molecule has 2 aliphatic heterocycles. The number of rotatable bonds is 2. The summed E-state index contributed by atoms with van der Waals surface area (Å²) in [4.78, 5) is 25.9. The molecule has 100 valence electrons. The first-order valence-electron chi connectivity index (χ1n) is 6.51. The highest BCUT2D eigenvalue weighted by atomic mass is 16.6. The summed E-state index contributed by atoms with van der Waals surface area (Å²) in [6, 6.07) is -0.259. The molecular weight excluding hydrogens is 230 g/mol. The number of hydrogen-bond acceptors (Lipinski definition) is 3. The Balaban J connectivity index is 2.13. The van der Waals surface area contributed by atoms with E-state index in [0.717, 1.165) is 12.8 Å². The Kier molecular flexibility index (Phi) is 3.21. The number of carbonyl (C=O) groups excluding carboxylic acids is 2. The van der Waals surface area contributed by atoms with Gasteiger partial charge in [-0.15, -0.1) is 6.58 Å². The smallest absolute Gasteiger partial charge is 0.411 e. The third kappa shape index (κ3) is 2.16. The minimum Gasteiger partial charge on any atom is -0.444 e. The summed E-state index contributed by atoms with van der Waals surface area (Å²) in [7, 11) is 0. The highest BCUT2D eigenvalue weighted by Gasteiger charge is 2.54. The quantitative estimate of drug-likeness (QED) is 0.708. The summed E-state index contributed by atoms with van der Waals surface area (Å²) in [6.45, 7) is 9.20. The van der Waals surface area contributed by atoms with Crippen LogP contribution in [-0.2, 0) is 9.53 Å². The zero-order valence-electron chi connectivity index (χ0n) is 11.3. The van der Waals surface area contributed by atoms with E-state index in [-0.39, 0.29) is 29.9 Å². The fourth-order valence-corrected chi connectivity index (χ4v) is 2.98. The van der Waals surface area contributed by atoms with Crippen molar-refractivity contribution in [2.75, 3.05) is 0 Å². The van der Waals surface area contributed by atoms with Gasteiger partial charge in [-0.3, -0.25) is 9.69 Å². The van der Waals surface area contributed by atoms with Crippen LogP contribution in [0.4, 0.5) is 4.79 Å². The number of Topliss-reactive ketones (excluding diaryl/α,β-unsaturated/α-hetero) is 1. The van der Waals surface area contributed by atoms with E-state index in [1.54, 1.807) is 11.0 Å². The Labute approximate surface area is 108 Å². The van der Waals surface area contributed by atoms with E-state index in [1.807, 2.05) is 20.8 Å². The van der Waals surface area contributed by atoms with E-state index < -0.39 is 5.60 Å². The third-order valence-electron chi connectivity index (χ3n) is 3.61. The van der Waals surface area contributed by atoms with Crippen LogP contribution in [0.25, 0.3) is 0 Å². The maximum Gasteiger partial charge on any atom is 0.411 e. The summed E-state index contributed by atoms with van der Waals surface area (Å²) in [5, 5.41) is 0. The number of ether oxygens (including phenoxy) is 1. The van der Waals surface area contributed by atoms with Gasteiger partial charge in [0.05, 0.1) is 6.04 Å². The van der Waals surface area contributed by atoms with E-state index in [2.05, 4.69) is 6.58 Å². The highest BCUT2D eigenvalue weighted by Crippen LogP contribution is 2.41. The minimum atomic E-state index is -0.518. The van der Waals surface area contributed by atoms with Crippen molar-refractivity contribution < 1.29 is 14.3 Å². The zero-order valence-corrected chi connectivity index (χ0v) is 11.3. The Hall–Kier alpha value is -1.32. The molecule has 2 rings (SSSR count). The number of nitrogens with zero attached hydrogens (tertiary/aromatic N) is 1. The molecule has 2 aliphatic rings. The number of hydrogen-bond donors (Lipinski definition) is 0. The van der Waals surface area contributed by atoms with E-state index in [0.29, 0.717) is 6.42 Å². The van der Waals surface area contributed by atoms with Gasteiger partial charge in [0.15, 0.2) is 5.78 Å². The molecule has 0 spiro atoms. The van der Waals surface area contributed by atoms with Gasteiger partial charge in [-0.25, -0.2) is 4.79 Å². The van der Waals surface area contributed by atoms with Crippen LogP contribution in [0.3, 0.4) is 0 Å². The number of ketones is 1. The normalized spacial score (nSPS) is 30.7. The maximum absolute atomic E-state index is 12.1. The molecule has 0 radical (unpaired) electrons. The molecule has 2 bridgehead atoms. The van der Waals surface area contributed by atoms with Crippen LogP contribution in [0.1, 0.15) is 40.0 Å². The van der Waals surface area contributed by atoms with Crippen molar-refractivity contribution in [3.63, 3.8) is 0 Å². The standard InChI is InChI=1S/C14H21NO3/c1-5-6-9-10-7-8-11(12(9)16)15(10)13(17)18-14(2,3)4/h5,9-11H,1,6-8H2,2-4H3. The van der Waals surface area contributed by atoms with Gasteiger partial charge in [0.2, 0.25) is 0 Å². The Morgan fingerprint density at radius 3 is 2.72 bits per heavy atom. The molecule has 2 fully saturated rings. The number of amides is 1. The van der Waals surface area contributed by atoms with E-state index >= 15 is 0 Å². The molecule has 0 aromatic rings. The van der Waals surface area contributed by atoms with Gasteiger partial charge in [-0.2, -0.15) is 0 Å². The predicted molar refractivity (Wildman–Crippen MR) is 68.2 cm³/mol. The van der Waals surface area contributed by atoms with Gasteiger partial charge >= 0.3 is 6.09 Å². The molecule has 0 aromatic heterocycles. The Morgan fingerprint density at radius 1 is 1.50 bits per heavy atom. The molecule has 0 aliphatic carbocycles. The molecule has 4 nitrogen and oxygen atoms in total. The van der Waals surface area contributed by atoms with Crippen molar-refractivity contribution in [3.05, 3.63) is 12.7 Å². The van der Waals surface area contributed by atoms with Crippen LogP contribution in [0, 0.1) is 5.92 Å².